The standard InChI is InChI=1S/C36H38FN3O4S.C2H6/c1-26-7-4-9-28(23-26)35(41)25-38(2)30-11-6-12-31(16-15-30)39-19-21-40(22-20-39)36(42)34-24-32(45(3,43)44)17-18-33(34)27-8-5-10-29(37)14-13-27;1-2/h4-9,11-18,23-24,30H,10,19-22,25H2,1-3H3;1-2H3. The Kier molecular flexibility index (Phi) is 12.1. The maximum Gasteiger partial charge on any atom is 0.254 e. The van der Waals surface area contributed by atoms with E-state index in [0.717, 1.165) is 17.5 Å². The maximum atomic E-state index is 13.9. The summed E-state index contributed by atoms with van der Waals surface area (Å²) in [4.78, 5) is 32.7. The highest BCUT2D eigenvalue weighted by molar-refractivity contribution is 7.90. The van der Waals surface area contributed by atoms with Crippen LogP contribution in [0.5, 0.6) is 0 Å². The summed E-state index contributed by atoms with van der Waals surface area (Å²) in [5.41, 5.74) is 4.26. The summed E-state index contributed by atoms with van der Waals surface area (Å²) < 4.78 is 38.6. The van der Waals surface area contributed by atoms with Crippen molar-refractivity contribution >= 4 is 27.1 Å². The van der Waals surface area contributed by atoms with Gasteiger partial charge in [0.2, 0.25) is 0 Å². The number of rotatable bonds is 8. The van der Waals surface area contributed by atoms with E-state index in [0.29, 0.717) is 49.4 Å². The Bertz CT molecular complexity index is 1780. The van der Waals surface area contributed by atoms with Gasteiger partial charge in [0.1, 0.15) is 5.83 Å². The molecule has 248 valence electrons. The quantitative estimate of drug-likeness (QED) is 0.299. The van der Waals surface area contributed by atoms with Gasteiger partial charge in [-0.1, -0.05) is 80.1 Å². The lowest BCUT2D eigenvalue weighted by molar-refractivity contribution is 0.0672. The van der Waals surface area contributed by atoms with Crippen LogP contribution in [0.2, 0.25) is 0 Å². The van der Waals surface area contributed by atoms with Gasteiger partial charge in [-0.15, -0.1) is 0 Å². The van der Waals surface area contributed by atoms with E-state index in [-0.39, 0.29) is 40.4 Å². The highest BCUT2D eigenvalue weighted by Gasteiger charge is 2.27. The number of halogens is 1. The molecular weight excluding hydrogens is 614 g/mol. The van der Waals surface area contributed by atoms with Crippen molar-refractivity contribution in [3.63, 3.8) is 0 Å². The van der Waals surface area contributed by atoms with Crippen LogP contribution in [0, 0.1) is 6.92 Å². The highest BCUT2D eigenvalue weighted by atomic mass is 32.2. The number of allylic oxidation sites excluding steroid dienone is 9. The number of nitrogens with zero attached hydrogens (tertiary/aromatic N) is 3. The van der Waals surface area contributed by atoms with Crippen molar-refractivity contribution in [3.8, 4) is 0 Å². The molecular formula is C38H44FN3O4S. The largest absolute Gasteiger partial charge is 0.368 e. The molecule has 1 heterocycles. The fourth-order valence-electron chi connectivity index (χ4n) is 5.63. The first-order valence-corrected chi connectivity index (χ1v) is 17.9. The summed E-state index contributed by atoms with van der Waals surface area (Å²) in [7, 11) is -1.61. The number of likely N-dealkylation sites (N-methyl/N-ethyl adjacent to an activating group) is 1. The Morgan fingerprint density at radius 1 is 0.957 bits per heavy atom. The zero-order valence-corrected chi connectivity index (χ0v) is 28.6. The van der Waals surface area contributed by atoms with Crippen LogP contribution < -0.4 is 0 Å². The van der Waals surface area contributed by atoms with Gasteiger partial charge in [0, 0.05) is 61.7 Å². The third-order valence-corrected chi connectivity index (χ3v) is 9.34. The van der Waals surface area contributed by atoms with Crippen molar-refractivity contribution in [2.75, 3.05) is 46.0 Å². The average Bonchev–Trinajstić information content (AvgIpc) is 3.45. The first-order chi connectivity index (χ1) is 22.5. The van der Waals surface area contributed by atoms with E-state index in [9.17, 15) is 22.4 Å². The SMILES string of the molecule is CC.Cc1cccc(C(=O)CN(C)C2C=CC=C(N3CCN(C(=O)c4cc(S(C)(=O)=O)ccc4C4=CC=C(F)CC=C4)CC3)C=C2)c1. The molecule has 1 saturated heterocycles. The minimum Gasteiger partial charge on any atom is -0.368 e. The van der Waals surface area contributed by atoms with Gasteiger partial charge in [0.25, 0.3) is 5.91 Å². The number of hydrogen-bond acceptors (Lipinski definition) is 6. The minimum absolute atomic E-state index is 0.0495. The van der Waals surface area contributed by atoms with Crippen molar-refractivity contribution in [1.29, 1.82) is 0 Å². The lowest BCUT2D eigenvalue weighted by Crippen LogP contribution is -2.48. The van der Waals surface area contributed by atoms with E-state index >= 15 is 0 Å². The average molecular weight is 658 g/mol. The molecule has 2 aromatic carbocycles. The molecule has 1 unspecified atom stereocenters. The second kappa shape index (κ2) is 16.0. The van der Waals surface area contributed by atoms with Gasteiger partial charge in [0.05, 0.1) is 11.4 Å². The lowest BCUT2D eigenvalue weighted by atomic mass is 9.97. The zero-order chi connectivity index (χ0) is 34.1. The number of Topliss-reactive ketones (excluding diaryl/α,β-unsaturated/α-hetero) is 1. The van der Waals surface area contributed by atoms with Crippen molar-refractivity contribution in [2.24, 2.45) is 0 Å². The Hall–Kier alpha value is -4.34. The Morgan fingerprint density at radius 3 is 2.40 bits per heavy atom. The Labute approximate surface area is 278 Å². The summed E-state index contributed by atoms with van der Waals surface area (Å²) in [5.74, 6) is -0.478. The normalized spacial score (nSPS) is 18.0. The summed E-state index contributed by atoms with van der Waals surface area (Å²) in [6.07, 6.45) is 17.9. The molecule has 0 N–H and O–H groups in total. The molecule has 1 amide bonds. The maximum absolute atomic E-state index is 13.9. The second-order valence-electron chi connectivity index (χ2n) is 11.6. The van der Waals surface area contributed by atoms with Gasteiger partial charge >= 0.3 is 0 Å². The van der Waals surface area contributed by atoms with Gasteiger partial charge in [0.15, 0.2) is 15.6 Å². The van der Waals surface area contributed by atoms with Crippen molar-refractivity contribution in [3.05, 3.63) is 131 Å². The zero-order valence-electron chi connectivity index (χ0n) is 27.8. The summed E-state index contributed by atoms with van der Waals surface area (Å²) in [6, 6.07) is 12.1. The van der Waals surface area contributed by atoms with E-state index in [1.165, 1.54) is 18.2 Å². The Balaban J connectivity index is 0.00000245. The summed E-state index contributed by atoms with van der Waals surface area (Å²) in [6.45, 7) is 8.36. The van der Waals surface area contributed by atoms with E-state index in [1.807, 2.05) is 69.1 Å². The van der Waals surface area contributed by atoms with Crippen LogP contribution in [0.4, 0.5) is 4.39 Å². The number of hydrogen-bond donors (Lipinski definition) is 0. The third kappa shape index (κ3) is 9.14. The molecule has 3 aliphatic rings. The van der Waals surface area contributed by atoms with E-state index in [2.05, 4.69) is 23.1 Å². The fraction of sp³-hybridized carbons (Fsp3) is 0.316. The molecule has 47 heavy (non-hydrogen) atoms. The first-order valence-electron chi connectivity index (χ1n) is 16.0. The molecule has 0 radical (unpaired) electrons. The number of carbonyl (C=O) groups excluding carboxylic acids is 2. The number of sulfone groups is 1. The topological polar surface area (TPSA) is 78.0 Å². The molecule has 1 atom stereocenters. The Morgan fingerprint density at radius 2 is 1.70 bits per heavy atom. The van der Waals surface area contributed by atoms with Gasteiger partial charge in [-0.2, -0.15) is 0 Å². The molecule has 1 aliphatic heterocycles. The molecule has 2 aliphatic carbocycles. The molecule has 5 rings (SSSR count). The van der Waals surface area contributed by atoms with Crippen molar-refractivity contribution < 1.29 is 22.4 Å². The molecule has 9 heteroatoms. The predicted molar refractivity (Wildman–Crippen MR) is 188 cm³/mol. The van der Waals surface area contributed by atoms with Crippen LogP contribution in [-0.2, 0) is 9.84 Å². The number of aryl methyl sites for hydroxylation is 1. The van der Waals surface area contributed by atoms with Crippen LogP contribution in [0.3, 0.4) is 0 Å². The number of ketones is 1. The molecule has 2 aromatic rings. The van der Waals surface area contributed by atoms with Crippen LogP contribution in [-0.4, -0.2) is 86.9 Å². The fourth-order valence-corrected chi connectivity index (χ4v) is 6.28. The van der Waals surface area contributed by atoms with Crippen molar-refractivity contribution in [1.82, 2.24) is 14.7 Å². The molecule has 0 spiro atoms. The van der Waals surface area contributed by atoms with Crippen LogP contribution in [0.25, 0.3) is 5.57 Å². The third-order valence-electron chi connectivity index (χ3n) is 8.23. The lowest BCUT2D eigenvalue weighted by Gasteiger charge is -2.37. The van der Waals surface area contributed by atoms with Crippen LogP contribution >= 0.6 is 0 Å². The summed E-state index contributed by atoms with van der Waals surface area (Å²) in [5, 5.41) is 0. The number of benzene rings is 2. The van der Waals surface area contributed by atoms with E-state index < -0.39 is 9.84 Å². The van der Waals surface area contributed by atoms with Gasteiger partial charge in [-0.05, 0) is 61.5 Å². The van der Waals surface area contributed by atoms with Crippen LogP contribution in [0.15, 0.2) is 114 Å². The minimum atomic E-state index is -3.55. The molecule has 0 saturated carbocycles. The van der Waals surface area contributed by atoms with Gasteiger partial charge < -0.3 is 9.80 Å². The molecule has 7 nitrogen and oxygen atoms in total. The van der Waals surface area contributed by atoms with E-state index in [1.54, 1.807) is 29.2 Å². The van der Waals surface area contributed by atoms with Gasteiger partial charge in [-0.3, -0.25) is 14.5 Å². The monoisotopic (exact) mass is 657 g/mol. The molecule has 0 aromatic heterocycles. The second-order valence-corrected chi connectivity index (χ2v) is 13.7. The predicted octanol–water partition coefficient (Wildman–Crippen LogP) is 6.57. The van der Waals surface area contributed by atoms with Gasteiger partial charge in [-0.25, -0.2) is 12.8 Å². The number of piperazine rings is 1. The number of amides is 1. The van der Waals surface area contributed by atoms with E-state index in [4.69, 9.17) is 0 Å². The van der Waals surface area contributed by atoms with Crippen LogP contribution in [0.1, 0.15) is 52.1 Å². The highest BCUT2D eigenvalue weighted by Crippen LogP contribution is 2.28. The summed E-state index contributed by atoms with van der Waals surface area (Å²) >= 11 is 0. The first kappa shape index (κ1) is 35.5. The smallest absolute Gasteiger partial charge is 0.254 e. The number of carbonyl (C=O) groups is 2. The van der Waals surface area contributed by atoms with Crippen molar-refractivity contribution in [2.45, 2.75) is 38.1 Å². The molecule has 1 fully saturated rings. The molecule has 0 bridgehead atoms.